The first-order chi connectivity index (χ1) is 9.97. The highest BCUT2D eigenvalue weighted by atomic mass is 16.4. The molecule has 0 fully saturated rings. The van der Waals surface area contributed by atoms with Crippen LogP contribution in [0, 0.1) is 5.92 Å². The van der Waals surface area contributed by atoms with E-state index in [-0.39, 0.29) is 18.8 Å². The molecule has 0 aromatic carbocycles. The van der Waals surface area contributed by atoms with Crippen LogP contribution < -0.4 is 10.6 Å². The van der Waals surface area contributed by atoms with Gasteiger partial charge in [0.25, 0.3) is 0 Å². The van der Waals surface area contributed by atoms with E-state index in [2.05, 4.69) is 15.6 Å². The van der Waals surface area contributed by atoms with Crippen molar-refractivity contribution in [1.29, 1.82) is 0 Å². The molecule has 1 aromatic heterocycles. The summed E-state index contributed by atoms with van der Waals surface area (Å²) in [6.07, 6.45) is 3.88. The van der Waals surface area contributed by atoms with Crippen LogP contribution in [0.5, 0.6) is 0 Å². The summed E-state index contributed by atoms with van der Waals surface area (Å²) in [5.74, 6) is -1.76. The first-order valence-electron chi connectivity index (χ1n) is 6.65. The second-order valence-electron chi connectivity index (χ2n) is 4.82. The van der Waals surface area contributed by atoms with Gasteiger partial charge in [0.1, 0.15) is 0 Å². The van der Waals surface area contributed by atoms with E-state index in [4.69, 9.17) is 5.11 Å². The van der Waals surface area contributed by atoms with Gasteiger partial charge in [-0.05, 0) is 30.0 Å². The van der Waals surface area contributed by atoms with Crippen LogP contribution in [0.1, 0.15) is 25.3 Å². The van der Waals surface area contributed by atoms with Gasteiger partial charge >= 0.3 is 12.0 Å². The van der Waals surface area contributed by atoms with Gasteiger partial charge in [-0.3, -0.25) is 19.9 Å². The number of aliphatic carboxylic acids is 1. The van der Waals surface area contributed by atoms with Gasteiger partial charge in [0.2, 0.25) is 5.91 Å². The molecule has 1 aromatic rings. The van der Waals surface area contributed by atoms with Gasteiger partial charge in [0, 0.05) is 31.8 Å². The molecular weight excluding hydrogens is 274 g/mol. The monoisotopic (exact) mass is 293 g/mol. The van der Waals surface area contributed by atoms with Crippen LogP contribution in [0.3, 0.4) is 0 Å². The third kappa shape index (κ3) is 7.66. The van der Waals surface area contributed by atoms with E-state index in [1.165, 1.54) is 0 Å². The van der Waals surface area contributed by atoms with E-state index in [1.807, 2.05) is 12.1 Å². The molecule has 1 unspecified atom stereocenters. The summed E-state index contributed by atoms with van der Waals surface area (Å²) < 4.78 is 0. The maximum absolute atomic E-state index is 11.5. The summed E-state index contributed by atoms with van der Waals surface area (Å²) in [6.45, 7) is 2.04. The summed E-state index contributed by atoms with van der Waals surface area (Å²) in [5, 5.41) is 13.3. The number of imide groups is 1. The number of pyridine rings is 1. The average molecular weight is 293 g/mol. The van der Waals surface area contributed by atoms with Crippen LogP contribution >= 0.6 is 0 Å². The molecule has 0 spiro atoms. The van der Waals surface area contributed by atoms with Crippen molar-refractivity contribution < 1.29 is 19.5 Å². The number of aromatic nitrogens is 1. The zero-order valence-electron chi connectivity index (χ0n) is 11.8. The lowest BCUT2D eigenvalue weighted by molar-refractivity contribution is -0.138. The summed E-state index contributed by atoms with van der Waals surface area (Å²) in [6, 6.07) is 3.12. The predicted molar refractivity (Wildman–Crippen MR) is 75.5 cm³/mol. The zero-order chi connectivity index (χ0) is 15.7. The van der Waals surface area contributed by atoms with Crippen molar-refractivity contribution in [2.24, 2.45) is 5.92 Å². The minimum atomic E-state index is -0.961. The highest BCUT2D eigenvalue weighted by molar-refractivity contribution is 5.94. The molecule has 0 aliphatic carbocycles. The van der Waals surface area contributed by atoms with Crippen molar-refractivity contribution in [2.75, 3.05) is 6.54 Å². The molecule has 0 aliphatic heterocycles. The molecule has 21 heavy (non-hydrogen) atoms. The SMILES string of the molecule is CC(CC(=O)O)CC(=O)NC(=O)NCCc1ccncc1. The number of carbonyl (C=O) groups is 3. The maximum Gasteiger partial charge on any atom is 0.321 e. The highest BCUT2D eigenvalue weighted by Crippen LogP contribution is 2.06. The largest absolute Gasteiger partial charge is 0.481 e. The van der Waals surface area contributed by atoms with Crippen molar-refractivity contribution in [3.63, 3.8) is 0 Å². The molecule has 3 N–H and O–H groups in total. The van der Waals surface area contributed by atoms with Crippen molar-refractivity contribution >= 4 is 17.9 Å². The first kappa shape index (κ1) is 16.6. The van der Waals surface area contributed by atoms with Crippen LogP contribution in [0.2, 0.25) is 0 Å². The number of hydrogen-bond acceptors (Lipinski definition) is 4. The van der Waals surface area contributed by atoms with Gasteiger partial charge in [0.15, 0.2) is 0 Å². The molecule has 7 heteroatoms. The number of hydrogen-bond donors (Lipinski definition) is 3. The van der Waals surface area contributed by atoms with Crippen LogP contribution in [-0.4, -0.2) is 34.5 Å². The lowest BCUT2D eigenvalue weighted by Gasteiger charge is -2.09. The van der Waals surface area contributed by atoms with E-state index in [9.17, 15) is 14.4 Å². The number of urea groups is 1. The summed E-state index contributed by atoms with van der Waals surface area (Å²) in [4.78, 5) is 37.3. The molecule has 0 saturated carbocycles. The van der Waals surface area contributed by atoms with Crippen LogP contribution in [0.25, 0.3) is 0 Å². The molecule has 1 atom stereocenters. The zero-order valence-corrected chi connectivity index (χ0v) is 11.8. The Morgan fingerprint density at radius 1 is 1.24 bits per heavy atom. The van der Waals surface area contributed by atoms with Crippen LogP contribution in [0.4, 0.5) is 4.79 Å². The molecule has 3 amide bonds. The predicted octanol–water partition coefficient (Wildman–Crippen LogP) is 0.951. The quantitative estimate of drug-likeness (QED) is 0.693. The van der Waals surface area contributed by atoms with Gasteiger partial charge in [-0.25, -0.2) is 4.79 Å². The number of carbonyl (C=O) groups excluding carboxylic acids is 2. The highest BCUT2D eigenvalue weighted by Gasteiger charge is 2.14. The lowest BCUT2D eigenvalue weighted by Crippen LogP contribution is -2.40. The molecule has 114 valence electrons. The first-order valence-corrected chi connectivity index (χ1v) is 6.65. The Kier molecular flexibility index (Phi) is 6.86. The summed E-state index contributed by atoms with van der Waals surface area (Å²) in [7, 11) is 0. The Bertz CT molecular complexity index is 490. The van der Waals surface area contributed by atoms with Gasteiger partial charge in [-0.1, -0.05) is 6.92 Å². The van der Waals surface area contributed by atoms with Crippen LogP contribution in [-0.2, 0) is 16.0 Å². The topological polar surface area (TPSA) is 108 Å². The standard InChI is InChI=1S/C14H19N3O4/c1-10(9-13(19)20)8-12(18)17-14(21)16-7-4-11-2-5-15-6-3-11/h2-3,5-6,10H,4,7-9H2,1H3,(H,19,20)(H2,16,17,18,21). The Hall–Kier alpha value is -2.44. The van der Waals surface area contributed by atoms with E-state index in [0.29, 0.717) is 13.0 Å². The maximum atomic E-state index is 11.5. The number of nitrogens with zero attached hydrogens (tertiary/aromatic N) is 1. The third-order valence-electron chi connectivity index (χ3n) is 2.76. The summed E-state index contributed by atoms with van der Waals surface area (Å²) in [5.41, 5.74) is 1.03. The number of carboxylic acid groups (broad SMARTS) is 1. The molecule has 0 bridgehead atoms. The number of carboxylic acids is 1. The molecule has 1 heterocycles. The second-order valence-corrected chi connectivity index (χ2v) is 4.82. The van der Waals surface area contributed by atoms with Crippen molar-refractivity contribution in [2.45, 2.75) is 26.2 Å². The Balaban J connectivity index is 2.21. The Morgan fingerprint density at radius 3 is 2.52 bits per heavy atom. The molecule has 1 rings (SSSR count). The van der Waals surface area contributed by atoms with E-state index < -0.39 is 17.9 Å². The second kappa shape index (κ2) is 8.68. The third-order valence-corrected chi connectivity index (χ3v) is 2.76. The average Bonchev–Trinajstić information content (AvgIpc) is 2.38. The lowest BCUT2D eigenvalue weighted by atomic mass is 10.0. The smallest absolute Gasteiger partial charge is 0.321 e. The fourth-order valence-corrected chi connectivity index (χ4v) is 1.78. The number of rotatable bonds is 7. The fraction of sp³-hybridized carbons (Fsp3) is 0.429. The van der Waals surface area contributed by atoms with Crippen LogP contribution in [0.15, 0.2) is 24.5 Å². The van der Waals surface area contributed by atoms with Crippen molar-refractivity contribution in [3.8, 4) is 0 Å². The van der Waals surface area contributed by atoms with Crippen molar-refractivity contribution in [3.05, 3.63) is 30.1 Å². The number of nitrogens with one attached hydrogen (secondary N) is 2. The normalized spacial score (nSPS) is 11.5. The minimum absolute atomic E-state index is 0.00404. The fourth-order valence-electron chi connectivity index (χ4n) is 1.78. The van der Waals surface area contributed by atoms with E-state index in [1.54, 1.807) is 19.3 Å². The molecular formula is C14H19N3O4. The van der Waals surface area contributed by atoms with Gasteiger partial charge in [-0.2, -0.15) is 0 Å². The van der Waals surface area contributed by atoms with Crippen molar-refractivity contribution in [1.82, 2.24) is 15.6 Å². The summed E-state index contributed by atoms with van der Waals surface area (Å²) >= 11 is 0. The van der Waals surface area contributed by atoms with Gasteiger partial charge in [0.05, 0.1) is 0 Å². The molecule has 0 aliphatic rings. The Morgan fingerprint density at radius 2 is 1.90 bits per heavy atom. The van der Waals surface area contributed by atoms with Gasteiger partial charge in [-0.15, -0.1) is 0 Å². The van der Waals surface area contributed by atoms with E-state index >= 15 is 0 Å². The molecule has 0 saturated heterocycles. The molecule has 0 radical (unpaired) electrons. The van der Waals surface area contributed by atoms with Gasteiger partial charge < -0.3 is 10.4 Å². The molecule has 7 nitrogen and oxygen atoms in total. The minimum Gasteiger partial charge on any atom is -0.481 e. The number of amides is 3. The Labute approximate surface area is 122 Å². The van der Waals surface area contributed by atoms with E-state index in [0.717, 1.165) is 5.56 Å².